The third kappa shape index (κ3) is 5.66. The summed E-state index contributed by atoms with van der Waals surface area (Å²) in [6, 6.07) is 19.6. The number of thioether (sulfide) groups is 1. The molecular formula is C25H23FN2O2S2. The van der Waals surface area contributed by atoms with Gasteiger partial charge in [-0.15, -0.1) is 11.3 Å². The average Bonchev–Trinajstić information content (AvgIpc) is 3.21. The summed E-state index contributed by atoms with van der Waals surface area (Å²) in [5.41, 5.74) is 2.79. The highest BCUT2D eigenvalue weighted by Crippen LogP contribution is 2.33. The molecule has 0 aliphatic heterocycles. The summed E-state index contributed by atoms with van der Waals surface area (Å²) in [6.07, 6.45) is 2.09. The van der Waals surface area contributed by atoms with Crippen molar-refractivity contribution in [2.45, 2.75) is 29.9 Å². The van der Waals surface area contributed by atoms with Gasteiger partial charge >= 0.3 is 0 Å². The molecule has 0 unspecified atom stereocenters. The summed E-state index contributed by atoms with van der Waals surface area (Å²) in [6.45, 7) is 2.80. The quantitative estimate of drug-likeness (QED) is 0.210. The molecule has 1 aromatic heterocycles. The Labute approximate surface area is 194 Å². The molecule has 4 rings (SSSR count). The molecule has 32 heavy (non-hydrogen) atoms. The Morgan fingerprint density at radius 3 is 2.72 bits per heavy atom. The van der Waals surface area contributed by atoms with Gasteiger partial charge < -0.3 is 10.1 Å². The minimum Gasteiger partial charge on any atom is -0.494 e. The molecule has 0 bridgehead atoms. The third-order valence-corrected chi connectivity index (χ3v) is 7.03. The second kappa shape index (κ2) is 10.6. The number of benzene rings is 3. The first-order valence-corrected chi connectivity index (χ1v) is 12.2. The van der Waals surface area contributed by atoms with Gasteiger partial charge in [0.2, 0.25) is 0 Å². The summed E-state index contributed by atoms with van der Waals surface area (Å²) >= 11 is 3.04. The maximum atomic E-state index is 13.8. The zero-order chi connectivity index (χ0) is 22.3. The molecule has 0 aliphatic rings. The fourth-order valence-corrected chi connectivity index (χ4v) is 5.13. The van der Waals surface area contributed by atoms with Gasteiger partial charge in [-0.3, -0.25) is 4.79 Å². The Morgan fingerprint density at radius 1 is 1.12 bits per heavy atom. The van der Waals surface area contributed by atoms with E-state index in [1.807, 2.05) is 36.4 Å². The average molecular weight is 467 g/mol. The van der Waals surface area contributed by atoms with Crippen LogP contribution in [0.25, 0.3) is 10.2 Å². The fourth-order valence-electron chi connectivity index (χ4n) is 3.04. The highest BCUT2D eigenvalue weighted by atomic mass is 32.2. The number of fused-ring (bicyclic) bond motifs is 1. The van der Waals surface area contributed by atoms with E-state index >= 15 is 0 Å². The molecule has 164 valence electrons. The Hall–Kier alpha value is -2.90. The van der Waals surface area contributed by atoms with E-state index in [0.717, 1.165) is 33.1 Å². The molecule has 0 fully saturated rings. The lowest BCUT2D eigenvalue weighted by Crippen LogP contribution is -2.11. The summed E-state index contributed by atoms with van der Waals surface area (Å²) in [4.78, 5) is 17.2. The van der Waals surface area contributed by atoms with E-state index in [-0.39, 0.29) is 11.7 Å². The first-order valence-electron chi connectivity index (χ1n) is 10.4. The van der Waals surface area contributed by atoms with Crippen molar-refractivity contribution >= 4 is 44.9 Å². The second-order valence-electron chi connectivity index (χ2n) is 7.22. The van der Waals surface area contributed by atoms with Crippen LogP contribution in [0.1, 0.15) is 35.7 Å². The Kier molecular flexibility index (Phi) is 7.39. The second-order valence-corrected chi connectivity index (χ2v) is 9.48. The van der Waals surface area contributed by atoms with E-state index in [9.17, 15) is 9.18 Å². The van der Waals surface area contributed by atoms with Crippen molar-refractivity contribution < 1.29 is 13.9 Å². The van der Waals surface area contributed by atoms with Crippen LogP contribution in [0.5, 0.6) is 5.75 Å². The van der Waals surface area contributed by atoms with Crippen LogP contribution in [0, 0.1) is 5.82 Å². The molecule has 1 N–H and O–H groups in total. The molecule has 0 aliphatic carbocycles. The van der Waals surface area contributed by atoms with Crippen LogP contribution in [0.15, 0.2) is 71.1 Å². The highest BCUT2D eigenvalue weighted by Gasteiger charge is 2.10. The van der Waals surface area contributed by atoms with Crippen LogP contribution in [0.3, 0.4) is 0 Å². The van der Waals surface area contributed by atoms with Crippen LogP contribution in [-0.2, 0) is 5.75 Å². The van der Waals surface area contributed by atoms with Gasteiger partial charge in [0.1, 0.15) is 11.6 Å². The lowest BCUT2D eigenvalue weighted by molar-refractivity contribution is 0.102. The monoisotopic (exact) mass is 466 g/mol. The largest absolute Gasteiger partial charge is 0.494 e. The van der Waals surface area contributed by atoms with E-state index in [1.54, 1.807) is 24.3 Å². The molecule has 7 heteroatoms. The highest BCUT2D eigenvalue weighted by molar-refractivity contribution is 8.00. The SMILES string of the molecule is CCCCOc1ccc(C(=O)Nc2ccc3nc(SCc4ccccc4F)sc3c2)cc1. The van der Waals surface area contributed by atoms with Crippen molar-refractivity contribution in [3.8, 4) is 5.75 Å². The number of nitrogens with zero attached hydrogens (tertiary/aromatic N) is 1. The van der Waals surface area contributed by atoms with Crippen LogP contribution >= 0.6 is 23.1 Å². The molecule has 0 saturated carbocycles. The molecule has 1 heterocycles. The number of ether oxygens (including phenoxy) is 1. The van der Waals surface area contributed by atoms with E-state index in [1.165, 1.54) is 29.2 Å². The van der Waals surface area contributed by atoms with Crippen LogP contribution in [0.2, 0.25) is 0 Å². The number of halogens is 1. The normalized spacial score (nSPS) is 10.9. The zero-order valence-electron chi connectivity index (χ0n) is 17.6. The van der Waals surface area contributed by atoms with Gasteiger partial charge in [0.05, 0.1) is 16.8 Å². The molecule has 0 atom stereocenters. The Morgan fingerprint density at radius 2 is 1.94 bits per heavy atom. The number of anilines is 1. The third-order valence-electron chi connectivity index (χ3n) is 4.82. The standard InChI is InChI=1S/C25H23FN2O2S2/c1-2-3-14-30-20-11-8-17(9-12-20)24(29)27-19-10-13-22-23(15-19)32-25(28-22)31-16-18-6-4-5-7-21(18)26/h4-13,15H,2-3,14,16H2,1H3,(H,27,29). The first kappa shape index (κ1) is 22.3. The summed E-state index contributed by atoms with van der Waals surface area (Å²) in [7, 11) is 0. The maximum Gasteiger partial charge on any atom is 0.255 e. The zero-order valence-corrected chi connectivity index (χ0v) is 19.3. The van der Waals surface area contributed by atoms with Gasteiger partial charge in [-0.2, -0.15) is 0 Å². The van der Waals surface area contributed by atoms with E-state index in [0.29, 0.717) is 29.2 Å². The van der Waals surface area contributed by atoms with Crippen LogP contribution in [0.4, 0.5) is 10.1 Å². The van der Waals surface area contributed by atoms with E-state index in [2.05, 4.69) is 17.2 Å². The number of unbranched alkanes of at least 4 members (excludes halogenated alkanes) is 1. The molecular weight excluding hydrogens is 443 g/mol. The van der Waals surface area contributed by atoms with Crippen molar-refractivity contribution in [3.63, 3.8) is 0 Å². The number of nitrogens with one attached hydrogen (secondary N) is 1. The van der Waals surface area contributed by atoms with Gasteiger partial charge in [0.25, 0.3) is 5.91 Å². The predicted molar refractivity (Wildman–Crippen MR) is 130 cm³/mol. The van der Waals surface area contributed by atoms with Crippen LogP contribution < -0.4 is 10.1 Å². The molecule has 0 saturated heterocycles. The summed E-state index contributed by atoms with van der Waals surface area (Å²) < 4.78 is 21.3. The number of aromatic nitrogens is 1. The summed E-state index contributed by atoms with van der Waals surface area (Å²) in [5, 5.41) is 2.94. The Bertz CT molecular complexity index is 1210. The number of thiazole rings is 1. The van der Waals surface area contributed by atoms with Gasteiger partial charge in [-0.25, -0.2) is 9.37 Å². The lowest BCUT2D eigenvalue weighted by atomic mass is 10.2. The summed E-state index contributed by atoms with van der Waals surface area (Å²) in [5.74, 6) is 0.908. The molecule has 4 nitrogen and oxygen atoms in total. The first-order chi connectivity index (χ1) is 15.6. The topological polar surface area (TPSA) is 51.2 Å². The molecule has 1 amide bonds. The predicted octanol–water partition coefficient (Wildman–Crippen LogP) is 7.16. The maximum absolute atomic E-state index is 13.8. The molecule has 3 aromatic carbocycles. The van der Waals surface area contributed by atoms with Gasteiger partial charge in [-0.1, -0.05) is 43.3 Å². The lowest BCUT2D eigenvalue weighted by Gasteiger charge is -2.07. The van der Waals surface area contributed by atoms with Gasteiger partial charge in [0.15, 0.2) is 4.34 Å². The van der Waals surface area contributed by atoms with Gasteiger partial charge in [0, 0.05) is 17.0 Å². The van der Waals surface area contributed by atoms with Crippen molar-refractivity contribution in [1.29, 1.82) is 0 Å². The minimum absolute atomic E-state index is 0.178. The smallest absolute Gasteiger partial charge is 0.255 e. The number of carbonyl (C=O) groups is 1. The number of carbonyl (C=O) groups excluding carboxylic acids is 1. The fraction of sp³-hybridized carbons (Fsp3) is 0.200. The van der Waals surface area contributed by atoms with E-state index in [4.69, 9.17) is 4.74 Å². The van der Waals surface area contributed by atoms with Crippen molar-refractivity contribution in [2.75, 3.05) is 11.9 Å². The number of hydrogen-bond donors (Lipinski definition) is 1. The Balaban J connectivity index is 1.39. The molecule has 0 radical (unpaired) electrons. The van der Waals surface area contributed by atoms with Gasteiger partial charge in [-0.05, 0) is 60.5 Å². The van der Waals surface area contributed by atoms with Crippen molar-refractivity contribution in [2.24, 2.45) is 0 Å². The minimum atomic E-state index is -0.202. The van der Waals surface area contributed by atoms with Crippen molar-refractivity contribution in [3.05, 3.63) is 83.7 Å². The molecule has 4 aromatic rings. The number of rotatable bonds is 9. The number of hydrogen-bond acceptors (Lipinski definition) is 5. The van der Waals surface area contributed by atoms with E-state index < -0.39 is 0 Å². The van der Waals surface area contributed by atoms with Crippen molar-refractivity contribution in [1.82, 2.24) is 4.98 Å². The van der Waals surface area contributed by atoms with Crippen LogP contribution in [-0.4, -0.2) is 17.5 Å². The number of amides is 1. The molecule has 0 spiro atoms.